The fraction of sp³-hybridized carbons (Fsp3) is 0.348. The first-order chi connectivity index (χ1) is 12.8. The molecule has 144 valence electrons. The maximum absolute atomic E-state index is 12.5. The Morgan fingerprint density at radius 1 is 0.926 bits per heavy atom. The zero-order chi connectivity index (χ0) is 20.0. The smallest absolute Gasteiger partial charge is 0.185 e. The Kier molecular flexibility index (Phi) is 7.05. The van der Waals surface area contributed by atoms with Crippen LogP contribution in [0.25, 0.3) is 6.08 Å². The number of benzene rings is 2. The number of hydrogen-bond donors (Lipinski definition) is 0. The zero-order valence-corrected chi connectivity index (χ0v) is 16.9. The summed E-state index contributed by atoms with van der Waals surface area (Å²) in [6.45, 7) is 9.91. The van der Waals surface area contributed by atoms with Crippen LogP contribution in [0.4, 0.5) is 0 Å². The molecule has 0 bridgehead atoms. The molecule has 0 atom stereocenters. The van der Waals surface area contributed by atoms with Gasteiger partial charge >= 0.3 is 0 Å². The summed E-state index contributed by atoms with van der Waals surface area (Å²) < 4.78 is 16.9. The largest absolute Gasteiger partial charge is 0.497 e. The van der Waals surface area contributed by atoms with E-state index in [2.05, 4.69) is 0 Å². The first kappa shape index (κ1) is 20.6. The van der Waals surface area contributed by atoms with Gasteiger partial charge in [-0.15, -0.1) is 0 Å². The van der Waals surface area contributed by atoms with Crippen LogP contribution in [0.3, 0.4) is 0 Å². The van der Waals surface area contributed by atoms with E-state index < -0.39 is 0 Å². The molecule has 4 nitrogen and oxygen atoms in total. The third kappa shape index (κ3) is 5.88. The van der Waals surface area contributed by atoms with E-state index >= 15 is 0 Å². The highest BCUT2D eigenvalue weighted by Gasteiger charge is 2.11. The molecule has 0 N–H and O–H groups in total. The summed E-state index contributed by atoms with van der Waals surface area (Å²) >= 11 is 0. The highest BCUT2D eigenvalue weighted by molar-refractivity contribution is 6.07. The normalized spacial score (nSPS) is 11.3. The Labute approximate surface area is 161 Å². The molecule has 4 heteroatoms. The summed E-state index contributed by atoms with van der Waals surface area (Å²) in [5.74, 6) is 2.14. The van der Waals surface area contributed by atoms with E-state index in [0.29, 0.717) is 11.3 Å². The van der Waals surface area contributed by atoms with Crippen molar-refractivity contribution in [2.75, 3.05) is 7.11 Å². The van der Waals surface area contributed by atoms with E-state index in [1.165, 1.54) is 0 Å². The molecule has 0 fully saturated rings. The molecule has 0 aliphatic carbocycles. The van der Waals surface area contributed by atoms with Crippen molar-refractivity contribution in [3.05, 3.63) is 59.2 Å². The van der Waals surface area contributed by atoms with E-state index in [4.69, 9.17) is 14.2 Å². The fourth-order valence-electron chi connectivity index (χ4n) is 2.58. The molecule has 0 unspecified atom stereocenters. The fourth-order valence-corrected chi connectivity index (χ4v) is 2.58. The summed E-state index contributed by atoms with van der Waals surface area (Å²) in [4.78, 5) is 12.5. The van der Waals surface area contributed by atoms with Crippen molar-refractivity contribution >= 4 is 11.9 Å². The average Bonchev–Trinajstić information content (AvgIpc) is 2.62. The number of hydrogen-bond acceptors (Lipinski definition) is 4. The quantitative estimate of drug-likeness (QED) is 0.457. The summed E-state index contributed by atoms with van der Waals surface area (Å²) in [6.07, 6.45) is 3.45. The summed E-state index contributed by atoms with van der Waals surface area (Å²) in [5, 5.41) is 0. The van der Waals surface area contributed by atoms with Crippen molar-refractivity contribution < 1.29 is 19.0 Å². The molecule has 0 aliphatic heterocycles. The molecule has 2 rings (SSSR count). The van der Waals surface area contributed by atoms with Gasteiger partial charge in [-0.1, -0.05) is 0 Å². The van der Waals surface area contributed by atoms with E-state index in [0.717, 1.165) is 22.6 Å². The first-order valence-corrected chi connectivity index (χ1v) is 9.14. The lowest BCUT2D eigenvalue weighted by Crippen LogP contribution is -2.10. The maximum atomic E-state index is 12.5. The second kappa shape index (κ2) is 9.26. The molecule has 0 radical (unpaired) electrons. The van der Waals surface area contributed by atoms with E-state index in [1.807, 2.05) is 46.8 Å². The summed E-state index contributed by atoms with van der Waals surface area (Å²) in [6, 6.07) is 10.9. The molecular formula is C23H28O4. The molecule has 0 aliphatic rings. The molecule has 27 heavy (non-hydrogen) atoms. The Balaban J connectivity index is 2.30. The van der Waals surface area contributed by atoms with Crippen molar-refractivity contribution in [2.45, 2.75) is 46.8 Å². The standard InChI is InChI=1S/C23H28O4/c1-15(2)26-22-14-23(27-16(3)4)19(13-17(22)5)9-12-21(24)18-7-10-20(25-6)11-8-18/h7-16H,1-6H3/b12-9+. The van der Waals surface area contributed by atoms with Crippen molar-refractivity contribution in [3.8, 4) is 17.2 Å². The number of aryl methyl sites for hydroxylation is 1. The van der Waals surface area contributed by atoms with Crippen LogP contribution < -0.4 is 14.2 Å². The van der Waals surface area contributed by atoms with Gasteiger partial charge in [0.15, 0.2) is 5.78 Å². The SMILES string of the molecule is COc1ccc(C(=O)/C=C/c2cc(C)c(OC(C)C)cc2OC(C)C)cc1. The van der Waals surface area contributed by atoms with Crippen LogP contribution in [0, 0.1) is 6.92 Å². The monoisotopic (exact) mass is 368 g/mol. The number of allylic oxidation sites excluding steroid dienone is 1. The van der Waals surface area contributed by atoms with Crippen molar-refractivity contribution in [3.63, 3.8) is 0 Å². The molecule has 0 aromatic heterocycles. The van der Waals surface area contributed by atoms with Gasteiger partial charge in [-0.05, 0) is 82.7 Å². The van der Waals surface area contributed by atoms with Crippen molar-refractivity contribution in [1.29, 1.82) is 0 Å². The third-order valence-electron chi connectivity index (χ3n) is 3.82. The van der Waals surface area contributed by atoms with Gasteiger partial charge in [0, 0.05) is 17.2 Å². The zero-order valence-electron chi connectivity index (χ0n) is 16.9. The predicted molar refractivity (Wildman–Crippen MR) is 109 cm³/mol. The molecule has 0 heterocycles. The van der Waals surface area contributed by atoms with Gasteiger partial charge in [0.1, 0.15) is 17.2 Å². The minimum absolute atomic E-state index is 0.0176. The second-order valence-electron chi connectivity index (χ2n) is 6.91. The van der Waals surface area contributed by atoms with E-state index in [-0.39, 0.29) is 18.0 Å². The Bertz CT molecular complexity index is 802. The molecule has 0 amide bonds. The van der Waals surface area contributed by atoms with Crippen molar-refractivity contribution in [2.24, 2.45) is 0 Å². The lowest BCUT2D eigenvalue weighted by Gasteiger charge is -2.18. The molecule has 2 aromatic carbocycles. The number of ether oxygens (including phenoxy) is 3. The number of ketones is 1. The van der Waals surface area contributed by atoms with Crippen LogP contribution in [0.1, 0.15) is 49.2 Å². The van der Waals surface area contributed by atoms with Crippen molar-refractivity contribution in [1.82, 2.24) is 0 Å². The van der Waals surface area contributed by atoms with Crippen LogP contribution in [0.15, 0.2) is 42.5 Å². The van der Waals surface area contributed by atoms with Gasteiger partial charge in [-0.3, -0.25) is 4.79 Å². The number of carbonyl (C=O) groups is 1. The highest BCUT2D eigenvalue weighted by Crippen LogP contribution is 2.31. The van der Waals surface area contributed by atoms with Crippen LogP contribution in [-0.4, -0.2) is 25.1 Å². The number of rotatable bonds is 8. The lowest BCUT2D eigenvalue weighted by molar-refractivity contribution is 0.104. The molecular weight excluding hydrogens is 340 g/mol. The predicted octanol–water partition coefficient (Wildman–Crippen LogP) is 5.47. The van der Waals surface area contributed by atoms with Crippen LogP contribution in [-0.2, 0) is 0 Å². The number of carbonyl (C=O) groups excluding carboxylic acids is 1. The van der Waals surface area contributed by atoms with Crippen LogP contribution in [0.5, 0.6) is 17.2 Å². The average molecular weight is 368 g/mol. The third-order valence-corrected chi connectivity index (χ3v) is 3.82. The van der Waals surface area contributed by atoms with E-state index in [1.54, 1.807) is 43.5 Å². The summed E-state index contributed by atoms with van der Waals surface area (Å²) in [7, 11) is 1.60. The van der Waals surface area contributed by atoms with Gasteiger partial charge in [0.2, 0.25) is 0 Å². The van der Waals surface area contributed by atoms with Crippen LogP contribution >= 0.6 is 0 Å². The van der Waals surface area contributed by atoms with Gasteiger partial charge < -0.3 is 14.2 Å². The Morgan fingerprint density at radius 3 is 2.07 bits per heavy atom. The molecule has 0 saturated carbocycles. The first-order valence-electron chi connectivity index (χ1n) is 9.14. The summed E-state index contributed by atoms with van der Waals surface area (Å²) in [5.41, 5.74) is 2.45. The van der Waals surface area contributed by atoms with Gasteiger partial charge in [-0.25, -0.2) is 0 Å². The minimum atomic E-state index is -0.0756. The molecule has 0 saturated heterocycles. The topological polar surface area (TPSA) is 44.8 Å². The van der Waals surface area contributed by atoms with Gasteiger partial charge in [-0.2, -0.15) is 0 Å². The van der Waals surface area contributed by atoms with Crippen LogP contribution in [0.2, 0.25) is 0 Å². The van der Waals surface area contributed by atoms with Gasteiger partial charge in [0.05, 0.1) is 19.3 Å². The van der Waals surface area contributed by atoms with Gasteiger partial charge in [0.25, 0.3) is 0 Å². The molecule has 0 spiro atoms. The minimum Gasteiger partial charge on any atom is -0.497 e. The molecule has 2 aromatic rings. The second-order valence-corrected chi connectivity index (χ2v) is 6.91. The Morgan fingerprint density at radius 2 is 1.52 bits per heavy atom. The van der Waals surface area contributed by atoms with E-state index in [9.17, 15) is 4.79 Å². The highest BCUT2D eigenvalue weighted by atomic mass is 16.5. The Hall–Kier alpha value is -2.75. The lowest BCUT2D eigenvalue weighted by atomic mass is 10.1. The number of methoxy groups -OCH3 is 1. The maximum Gasteiger partial charge on any atom is 0.185 e.